The fraction of sp³-hybridized carbons (Fsp3) is 0.467. The van der Waals surface area contributed by atoms with Gasteiger partial charge in [0.05, 0.1) is 29.0 Å². The summed E-state index contributed by atoms with van der Waals surface area (Å²) in [4.78, 5) is 16.3. The van der Waals surface area contributed by atoms with Crippen molar-refractivity contribution in [3.63, 3.8) is 0 Å². The second-order valence-electron chi connectivity index (χ2n) is 5.43. The van der Waals surface area contributed by atoms with Crippen LogP contribution in [0.2, 0.25) is 0 Å². The van der Waals surface area contributed by atoms with E-state index in [0.717, 1.165) is 30.6 Å². The maximum absolute atomic E-state index is 12.7. The Morgan fingerprint density at radius 1 is 1.32 bits per heavy atom. The van der Waals surface area contributed by atoms with Crippen LogP contribution in [0.5, 0.6) is 0 Å². The Bertz CT molecular complexity index is 707. The number of amides is 1. The smallest absolute Gasteiger partial charge is 0.412 e. The molecule has 0 radical (unpaired) electrons. The number of aromatic nitrogens is 2. The molecule has 0 aliphatic heterocycles. The van der Waals surface area contributed by atoms with E-state index in [2.05, 4.69) is 15.0 Å². The standard InChI is InChI=1S/C15H19N3O3S/c1-21-15(19)17-13-10-18-9-12(7-8-14(18)16-13)22(20)11-5-3-2-4-6-11/h7-11H,2-6H2,1H3,(H,17,19). The second-order valence-corrected chi connectivity index (χ2v) is 7.16. The quantitative estimate of drug-likeness (QED) is 0.943. The van der Waals surface area contributed by atoms with Gasteiger partial charge in [-0.25, -0.2) is 9.78 Å². The monoisotopic (exact) mass is 321 g/mol. The lowest BCUT2D eigenvalue weighted by Crippen LogP contribution is -2.18. The molecule has 118 valence electrons. The first-order valence-electron chi connectivity index (χ1n) is 7.41. The third-order valence-electron chi connectivity index (χ3n) is 3.93. The molecule has 3 rings (SSSR count). The maximum Gasteiger partial charge on any atom is 0.412 e. The molecular weight excluding hydrogens is 302 g/mol. The molecule has 1 amide bonds. The minimum atomic E-state index is -0.990. The number of nitrogens with one attached hydrogen (secondary N) is 1. The largest absolute Gasteiger partial charge is 0.453 e. The first-order valence-corrected chi connectivity index (χ1v) is 8.63. The molecule has 2 aromatic rings. The van der Waals surface area contributed by atoms with E-state index in [1.807, 2.05) is 18.3 Å². The summed E-state index contributed by atoms with van der Waals surface area (Å²) in [5.74, 6) is 0.410. The molecule has 2 aromatic heterocycles. The number of nitrogens with zero attached hydrogens (tertiary/aromatic N) is 2. The third kappa shape index (κ3) is 3.14. The van der Waals surface area contributed by atoms with Gasteiger partial charge in [0.25, 0.3) is 0 Å². The Morgan fingerprint density at radius 3 is 2.82 bits per heavy atom. The van der Waals surface area contributed by atoms with Gasteiger partial charge in [-0.3, -0.25) is 9.53 Å². The summed E-state index contributed by atoms with van der Waals surface area (Å²) in [7, 11) is 0.313. The highest BCUT2D eigenvalue weighted by Crippen LogP contribution is 2.26. The average molecular weight is 321 g/mol. The van der Waals surface area contributed by atoms with Gasteiger partial charge in [0, 0.05) is 11.4 Å². The number of carbonyl (C=O) groups is 1. The summed E-state index contributed by atoms with van der Waals surface area (Å²) in [6.45, 7) is 0. The highest BCUT2D eigenvalue weighted by molar-refractivity contribution is 7.85. The predicted molar refractivity (Wildman–Crippen MR) is 84.5 cm³/mol. The van der Waals surface area contributed by atoms with Crippen molar-refractivity contribution >= 4 is 28.4 Å². The molecule has 22 heavy (non-hydrogen) atoms. The Labute approximate surface area is 131 Å². The van der Waals surface area contributed by atoms with Crippen LogP contribution in [-0.2, 0) is 15.5 Å². The van der Waals surface area contributed by atoms with Crippen LogP contribution in [0.4, 0.5) is 10.6 Å². The molecule has 1 fully saturated rings. The molecule has 7 heteroatoms. The molecule has 0 bridgehead atoms. The third-order valence-corrected chi connectivity index (χ3v) is 5.71. The molecule has 1 aliphatic carbocycles. The van der Waals surface area contributed by atoms with E-state index in [0.29, 0.717) is 11.5 Å². The highest BCUT2D eigenvalue weighted by atomic mass is 32.2. The number of rotatable bonds is 3. The molecule has 0 aromatic carbocycles. The molecule has 2 heterocycles. The van der Waals surface area contributed by atoms with Crippen LogP contribution in [0, 0.1) is 0 Å². The van der Waals surface area contributed by atoms with Crippen LogP contribution in [0.15, 0.2) is 29.4 Å². The van der Waals surface area contributed by atoms with E-state index in [-0.39, 0.29) is 5.25 Å². The number of pyridine rings is 1. The second kappa shape index (κ2) is 6.48. The lowest BCUT2D eigenvalue weighted by Gasteiger charge is -2.20. The van der Waals surface area contributed by atoms with Gasteiger partial charge < -0.3 is 9.14 Å². The van der Waals surface area contributed by atoms with Crippen molar-refractivity contribution in [2.45, 2.75) is 42.2 Å². The van der Waals surface area contributed by atoms with Crippen LogP contribution < -0.4 is 5.32 Å². The van der Waals surface area contributed by atoms with E-state index >= 15 is 0 Å². The average Bonchev–Trinajstić information content (AvgIpc) is 2.96. The summed E-state index contributed by atoms with van der Waals surface area (Å²) in [5.41, 5.74) is 0.691. The summed E-state index contributed by atoms with van der Waals surface area (Å²) >= 11 is 0. The van der Waals surface area contributed by atoms with Gasteiger partial charge in [-0.2, -0.15) is 0 Å². The van der Waals surface area contributed by atoms with E-state index in [1.54, 1.807) is 10.6 Å². The van der Waals surface area contributed by atoms with Gasteiger partial charge in [0.1, 0.15) is 5.65 Å². The van der Waals surface area contributed by atoms with Crippen molar-refractivity contribution in [1.29, 1.82) is 0 Å². The molecular formula is C15H19N3O3S. The first-order chi connectivity index (χ1) is 10.7. The van der Waals surface area contributed by atoms with Crippen molar-refractivity contribution in [2.75, 3.05) is 12.4 Å². The molecule has 1 aliphatic rings. The van der Waals surface area contributed by atoms with Crippen LogP contribution in [0.3, 0.4) is 0 Å². The van der Waals surface area contributed by atoms with Crippen molar-refractivity contribution in [2.24, 2.45) is 0 Å². The van der Waals surface area contributed by atoms with Crippen LogP contribution in [-0.4, -0.2) is 32.0 Å². The van der Waals surface area contributed by atoms with Crippen LogP contribution in [0.1, 0.15) is 32.1 Å². The fourth-order valence-corrected chi connectivity index (χ4v) is 4.34. The zero-order valence-corrected chi connectivity index (χ0v) is 13.3. The van der Waals surface area contributed by atoms with E-state index in [4.69, 9.17) is 0 Å². The minimum absolute atomic E-state index is 0.252. The van der Waals surface area contributed by atoms with E-state index < -0.39 is 16.9 Å². The van der Waals surface area contributed by atoms with Gasteiger partial charge in [-0.15, -0.1) is 0 Å². The molecule has 1 atom stereocenters. The van der Waals surface area contributed by atoms with E-state index in [9.17, 15) is 9.00 Å². The van der Waals surface area contributed by atoms with Crippen molar-refractivity contribution < 1.29 is 13.7 Å². The number of anilines is 1. The topological polar surface area (TPSA) is 72.7 Å². The first kappa shape index (κ1) is 15.0. The van der Waals surface area contributed by atoms with Crippen LogP contribution in [0.25, 0.3) is 5.65 Å². The summed E-state index contributed by atoms with van der Waals surface area (Å²) in [6.07, 6.45) is 8.59. The minimum Gasteiger partial charge on any atom is -0.453 e. The van der Waals surface area contributed by atoms with Gasteiger partial charge in [0.15, 0.2) is 5.82 Å². The number of carbonyl (C=O) groups excluding carboxylic acids is 1. The summed E-state index contributed by atoms with van der Waals surface area (Å²) in [5, 5.41) is 2.78. The Kier molecular flexibility index (Phi) is 4.42. The fourth-order valence-electron chi connectivity index (χ4n) is 2.78. The Hall–Kier alpha value is -1.89. The number of methoxy groups -OCH3 is 1. The zero-order valence-electron chi connectivity index (χ0n) is 12.4. The highest BCUT2D eigenvalue weighted by Gasteiger charge is 2.21. The van der Waals surface area contributed by atoms with Crippen molar-refractivity contribution in [1.82, 2.24) is 9.38 Å². The maximum atomic E-state index is 12.7. The van der Waals surface area contributed by atoms with Gasteiger partial charge in [-0.1, -0.05) is 19.3 Å². The molecule has 0 spiro atoms. The van der Waals surface area contributed by atoms with E-state index in [1.165, 1.54) is 13.5 Å². The molecule has 6 nitrogen and oxygen atoms in total. The summed E-state index contributed by atoms with van der Waals surface area (Å²) in [6, 6.07) is 3.67. The normalized spacial score (nSPS) is 17.3. The van der Waals surface area contributed by atoms with Gasteiger partial charge in [-0.05, 0) is 25.0 Å². The lowest BCUT2D eigenvalue weighted by molar-refractivity contribution is 0.187. The number of fused-ring (bicyclic) bond motifs is 1. The van der Waals surface area contributed by atoms with Gasteiger partial charge >= 0.3 is 6.09 Å². The van der Waals surface area contributed by atoms with Gasteiger partial charge in [0.2, 0.25) is 0 Å². The van der Waals surface area contributed by atoms with Crippen molar-refractivity contribution in [3.8, 4) is 0 Å². The molecule has 1 N–H and O–H groups in total. The number of hydrogen-bond acceptors (Lipinski definition) is 4. The number of ether oxygens (including phenoxy) is 1. The molecule has 0 saturated heterocycles. The number of imidazole rings is 1. The number of hydrogen-bond donors (Lipinski definition) is 1. The molecule has 1 saturated carbocycles. The lowest BCUT2D eigenvalue weighted by atomic mass is 10.0. The summed E-state index contributed by atoms with van der Waals surface area (Å²) < 4.78 is 19.0. The molecule has 1 unspecified atom stereocenters. The zero-order chi connectivity index (χ0) is 15.5. The SMILES string of the molecule is COC(=O)Nc1cn2cc(S(=O)C3CCCCC3)ccc2n1. The Balaban J connectivity index is 1.82. The predicted octanol–water partition coefficient (Wildman–Crippen LogP) is 2.95. The van der Waals surface area contributed by atoms with Crippen molar-refractivity contribution in [3.05, 3.63) is 24.5 Å². The Morgan fingerprint density at radius 2 is 2.09 bits per heavy atom. The van der Waals surface area contributed by atoms with Crippen LogP contribution >= 0.6 is 0 Å².